The highest BCUT2D eigenvalue weighted by molar-refractivity contribution is 5.91. The van der Waals surface area contributed by atoms with Gasteiger partial charge in [-0.3, -0.25) is 0 Å². The van der Waals surface area contributed by atoms with Crippen molar-refractivity contribution in [3.05, 3.63) is 66.7 Å². The van der Waals surface area contributed by atoms with E-state index < -0.39 is 0 Å². The van der Waals surface area contributed by atoms with Gasteiger partial charge in [-0.2, -0.15) is 0 Å². The summed E-state index contributed by atoms with van der Waals surface area (Å²) < 4.78 is 17.2. The van der Waals surface area contributed by atoms with Gasteiger partial charge in [-0.05, 0) is 98.9 Å². The summed E-state index contributed by atoms with van der Waals surface area (Å²) in [5, 5.41) is 0. The Bertz CT molecular complexity index is 885. The van der Waals surface area contributed by atoms with Gasteiger partial charge in [-0.1, -0.05) is 51.5 Å². The zero-order chi connectivity index (χ0) is 25.4. The third-order valence-corrected chi connectivity index (χ3v) is 7.16. The van der Waals surface area contributed by atoms with E-state index in [9.17, 15) is 4.79 Å². The second-order valence-electron chi connectivity index (χ2n) is 9.96. The summed E-state index contributed by atoms with van der Waals surface area (Å²) >= 11 is 0. The molecule has 0 bridgehead atoms. The van der Waals surface area contributed by atoms with Crippen LogP contribution in [0, 0.1) is 11.8 Å². The van der Waals surface area contributed by atoms with Gasteiger partial charge in [0.1, 0.15) is 17.2 Å². The SMILES string of the molecule is C=CCCCCCOc1ccc(C(=O)Oc2ccc(OCCCC3CCCCC3CCC)cc2)cc1. The molecular formula is C32H44O4. The largest absolute Gasteiger partial charge is 0.494 e. The number of hydrogen-bond acceptors (Lipinski definition) is 4. The number of rotatable bonds is 16. The molecule has 3 rings (SSSR count). The summed E-state index contributed by atoms with van der Waals surface area (Å²) in [4.78, 5) is 12.5. The Morgan fingerprint density at radius 3 is 2.03 bits per heavy atom. The van der Waals surface area contributed by atoms with E-state index in [1.165, 1.54) is 44.9 Å². The first kappa shape index (κ1) is 27.8. The molecule has 1 saturated carbocycles. The molecule has 4 heteroatoms. The molecule has 2 atom stereocenters. The highest BCUT2D eigenvalue weighted by Gasteiger charge is 2.23. The van der Waals surface area contributed by atoms with Gasteiger partial charge in [0.2, 0.25) is 0 Å². The van der Waals surface area contributed by atoms with E-state index in [4.69, 9.17) is 14.2 Å². The van der Waals surface area contributed by atoms with Crippen LogP contribution in [0.3, 0.4) is 0 Å². The highest BCUT2D eigenvalue weighted by Crippen LogP contribution is 2.36. The average molecular weight is 493 g/mol. The van der Waals surface area contributed by atoms with Gasteiger partial charge in [0.25, 0.3) is 0 Å². The number of carbonyl (C=O) groups excluding carboxylic acids is 1. The fraction of sp³-hybridized carbons (Fsp3) is 0.531. The molecule has 1 fully saturated rings. The Kier molecular flexibility index (Phi) is 12.4. The van der Waals surface area contributed by atoms with Crippen LogP contribution in [-0.2, 0) is 0 Å². The zero-order valence-corrected chi connectivity index (χ0v) is 22.1. The molecule has 2 aromatic carbocycles. The van der Waals surface area contributed by atoms with Gasteiger partial charge >= 0.3 is 5.97 Å². The van der Waals surface area contributed by atoms with Gasteiger partial charge in [0, 0.05) is 0 Å². The summed E-state index contributed by atoms with van der Waals surface area (Å²) in [6.45, 7) is 7.45. The predicted molar refractivity (Wildman–Crippen MR) is 147 cm³/mol. The molecule has 4 nitrogen and oxygen atoms in total. The van der Waals surface area contributed by atoms with Crippen molar-refractivity contribution in [2.45, 2.75) is 84.0 Å². The van der Waals surface area contributed by atoms with Crippen LogP contribution in [0.25, 0.3) is 0 Å². The van der Waals surface area contributed by atoms with E-state index in [1.54, 1.807) is 24.3 Å². The van der Waals surface area contributed by atoms with Crippen molar-refractivity contribution in [3.8, 4) is 17.2 Å². The molecule has 1 aliphatic carbocycles. The van der Waals surface area contributed by atoms with E-state index in [-0.39, 0.29) is 5.97 Å². The number of esters is 1. The van der Waals surface area contributed by atoms with Crippen LogP contribution in [0.15, 0.2) is 61.2 Å². The second-order valence-corrected chi connectivity index (χ2v) is 9.96. The molecule has 2 aromatic rings. The Morgan fingerprint density at radius 2 is 1.39 bits per heavy atom. The molecule has 0 saturated heterocycles. The average Bonchev–Trinajstić information content (AvgIpc) is 2.91. The maximum Gasteiger partial charge on any atom is 0.343 e. The molecule has 1 aliphatic rings. The lowest BCUT2D eigenvalue weighted by atomic mass is 9.75. The van der Waals surface area contributed by atoms with Crippen LogP contribution in [0.4, 0.5) is 0 Å². The Labute approximate surface area is 218 Å². The van der Waals surface area contributed by atoms with Crippen molar-refractivity contribution in [2.75, 3.05) is 13.2 Å². The summed E-state index contributed by atoms with van der Waals surface area (Å²) in [5.74, 6) is 3.50. The van der Waals surface area contributed by atoms with Crippen molar-refractivity contribution >= 4 is 5.97 Å². The van der Waals surface area contributed by atoms with Crippen LogP contribution in [0.1, 0.15) is 94.3 Å². The van der Waals surface area contributed by atoms with Gasteiger partial charge in [0.15, 0.2) is 0 Å². The highest BCUT2D eigenvalue weighted by atomic mass is 16.5. The van der Waals surface area contributed by atoms with Crippen molar-refractivity contribution in [1.82, 2.24) is 0 Å². The van der Waals surface area contributed by atoms with Crippen LogP contribution in [0.2, 0.25) is 0 Å². The maximum atomic E-state index is 12.5. The topological polar surface area (TPSA) is 44.8 Å². The van der Waals surface area contributed by atoms with Crippen molar-refractivity contribution < 1.29 is 19.0 Å². The molecule has 0 heterocycles. The number of carbonyl (C=O) groups is 1. The van der Waals surface area contributed by atoms with Crippen LogP contribution in [0.5, 0.6) is 17.2 Å². The van der Waals surface area contributed by atoms with Gasteiger partial charge in [-0.15, -0.1) is 6.58 Å². The number of allylic oxidation sites excluding steroid dienone is 1. The minimum atomic E-state index is -0.381. The molecule has 0 spiro atoms. The number of unbranched alkanes of at least 4 members (excludes halogenated alkanes) is 3. The van der Waals surface area contributed by atoms with Gasteiger partial charge in [0.05, 0.1) is 18.8 Å². The van der Waals surface area contributed by atoms with Crippen LogP contribution < -0.4 is 14.2 Å². The fourth-order valence-electron chi connectivity index (χ4n) is 5.17. The van der Waals surface area contributed by atoms with E-state index in [0.717, 1.165) is 62.0 Å². The summed E-state index contributed by atoms with van der Waals surface area (Å²) in [5.41, 5.74) is 0.498. The molecule has 0 N–H and O–H groups in total. The molecule has 0 amide bonds. The third-order valence-electron chi connectivity index (χ3n) is 7.16. The molecular weight excluding hydrogens is 448 g/mol. The van der Waals surface area contributed by atoms with Gasteiger partial charge < -0.3 is 14.2 Å². The molecule has 36 heavy (non-hydrogen) atoms. The predicted octanol–water partition coefficient (Wildman–Crippen LogP) is 8.80. The smallest absolute Gasteiger partial charge is 0.343 e. The van der Waals surface area contributed by atoms with Crippen molar-refractivity contribution in [2.24, 2.45) is 11.8 Å². The molecule has 2 unspecified atom stereocenters. The van der Waals surface area contributed by atoms with E-state index in [1.807, 2.05) is 30.3 Å². The zero-order valence-electron chi connectivity index (χ0n) is 22.1. The minimum Gasteiger partial charge on any atom is -0.494 e. The van der Waals surface area contributed by atoms with Gasteiger partial charge in [-0.25, -0.2) is 4.79 Å². The molecule has 0 radical (unpaired) electrons. The van der Waals surface area contributed by atoms with E-state index in [2.05, 4.69) is 13.5 Å². The van der Waals surface area contributed by atoms with E-state index >= 15 is 0 Å². The number of benzene rings is 2. The lowest BCUT2D eigenvalue weighted by Gasteiger charge is -2.31. The van der Waals surface area contributed by atoms with Crippen molar-refractivity contribution in [3.63, 3.8) is 0 Å². The Hall–Kier alpha value is -2.75. The normalized spacial score (nSPS) is 17.4. The maximum absolute atomic E-state index is 12.5. The molecule has 0 aliphatic heterocycles. The first-order valence-electron chi connectivity index (χ1n) is 14.0. The Morgan fingerprint density at radius 1 is 0.806 bits per heavy atom. The molecule has 0 aromatic heterocycles. The molecule has 196 valence electrons. The van der Waals surface area contributed by atoms with Crippen LogP contribution >= 0.6 is 0 Å². The lowest BCUT2D eigenvalue weighted by Crippen LogP contribution is -2.20. The third kappa shape index (κ3) is 9.72. The number of ether oxygens (including phenoxy) is 3. The summed E-state index contributed by atoms with van der Waals surface area (Å²) in [6.07, 6.45) is 16.9. The lowest BCUT2D eigenvalue weighted by molar-refractivity contribution is 0.0734. The number of hydrogen-bond donors (Lipinski definition) is 0. The quantitative estimate of drug-likeness (QED) is 0.102. The second kappa shape index (κ2) is 16.1. The standard InChI is InChI=1S/C32H44O4/c1-3-5-6-7-10-24-34-29-18-16-28(17-19-29)32(33)36-31-22-20-30(21-23-31)35-25-11-15-27-14-9-8-13-26(27)12-4-2/h3,16-23,26-27H,1,4-15,24-25H2,2H3. The first-order chi connectivity index (χ1) is 17.7. The minimum absolute atomic E-state index is 0.381. The Balaban J connectivity index is 1.35. The van der Waals surface area contributed by atoms with Crippen molar-refractivity contribution in [1.29, 1.82) is 0 Å². The van der Waals surface area contributed by atoms with Crippen LogP contribution in [-0.4, -0.2) is 19.2 Å². The fourth-order valence-corrected chi connectivity index (χ4v) is 5.17. The summed E-state index contributed by atoms with van der Waals surface area (Å²) in [7, 11) is 0. The monoisotopic (exact) mass is 492 g/mol. The van der Waals surface area contributed by atoms with E-state index in [0.29, 0.717) is 17.9 Å². The first-order valence-corrected chi connectivity index (χ1v) is 14.0. The summed E-state index contributed by atoms with van der Waals surface area (Å²) in [6, 6.07) is 14.4.